The molecule has 0 saturated heterocycles. The van der Waals surface area contributed by atoms with Gasteiger partial charge in [0, 0.05) is 17.0 Å². The van der Waals surface area contributed by atoms with Gasteiger partial charge >= 0.3 is 0 Å². The highest BCUT2D eigenvalue weighted by molar-refractivity contribution is 6.30. The largest absolute Gasteiger partial charge is 0.436 e. The van der Waals surface area contributed by atoms with Crippen LogP contribution in [0.5, 0.6) is 0 Å². The molecular weight excluding hydrogens is 366 g/mol. The van der Waals surface area contributed by atoms with Gasteiger partial charge in [-0.2, -0.15) is 0 Å². The minimum atomic E-state index is 0.538. The third kappa shape index (κ3) is 3.96. The molecule has 0 aliphatic heterocycles. The minimum absolute atomic E-state index is 0.538. The molecule has 0 fully saturated rings. The van der Waals surface area contributed by atoms with Crippen LogP contribution in [0.15, 0.2) is 87.6 Å². The molecule has 1 aromatic heterocycles. The molecule has 1 heterocycles. The Kier molecular flexibility index (Phi) is 5.19. The molecule has 4 rings (SSSR count). The van der Waals surface area contributed by atoms with E-state index in [0.29, 0.717) is 16.7 Å². The number of aromatic nitrogens is 1. The highest BCUT2D eigenvalue weighted by atomic mass is 35.5. The molecule has 138 valence electrons. The first-order chi connectivity index (χ1) is 13.6. The van der Waals surface area contributed by atoms with E-state index >= 15 is 0 Å². The summed E-state index contributed by atoms with van der Waals surface area (Å²) in [6.07, 6.45) is 14.4. The quantitative estimate of drug-likeness (QED) is 0.533. The number of nitrogens with zero attached hydrogens (tertiary/aromatic N) is 1. The number of rotatable bonds is 4. The molecule has 0 N–H and O–H groups in total. The van der Waals surface area contributed by atoms with Gasteiger partial charge in [-0.3, -0.25) is 0 Å². The molecule has 0 bridgehead atoms. The van der Waals surface area contributed by atoms with Crippen LogP contribution >= 0.6 is 11.6 Å². The smallest absolute Gasteiger partial charge is 0.235 e. The molecule has 2 aromatic rings. The standard InChI is InChI=1S/C25H20ClNO/c1-17-6-5-9-21(15-22(17)14-18(2)19-7-3-4-8-19)25-27-16-24(28-25)20-10-12-23(26)13-11-20/h3,7-8,10-16H,4,6H2,1-2H3/b18-14+. The van der Waals surface area contributed by atoms with E-state index in [-0.39, 0.29) is 0 Å². The Balaban J connectivity index is 1.67. The zero-order chi connectivity index (χ0) is 19.5. The summed E-state index contributed by atoms with van der Waals surface area (Å²) in [5.74, 6) is 7.67. The van der Waals surface area contributed by atoms with Crippen molar-refractivity contribution in [1.29, 1.82) is 0 Å². The lowest BCUT2D eigenvalue weighted by atomic mass is 10.0. The maximum Gasteiger partial charge on any atom is 0.235 e. The van der Waals surface area contributed by atoms with Crippen molar-refractivity contribution in [3.05, 3.63) is 94.0 Å². The molecule has 2 aliphatic rings. The molecule has 0 radical (unpaired) electrons. The van der Waals surface area contributed by atoms with E-state index < -0.39 is 0 Å². The van der Waals surface area contributed by atoms with Gasteiger partial charge in [0.05, 0.1) is 11.8 Å². The van der Waals surface area contributed by atoms with Crippen LogP contribution in [0, 0.1) is 11.8 Å². The molecule has 28 heavy (non-hydrogen) atoms. The molecule has 0 amide bonds. The van der Waals surface area contributed by atoms with Crippen molar-refractivity contribution < 1.29 is 4.42 Å². The Labute approximate surface area is 170 Å². The number of hydrogen-bond donors (Lipinski definition) is 0. The van der Waals surface area contributed by atoms with Crippen molar-refractivity contribution in [3.63, 3.8) is 0 Å². The predicted octanol–water partition coefficient (Wildman–Crippen LogP) is 6.93. The summed E-state index contributed by atoms with van der Waals surface area (Å²) in [4.78, 5) is 4.46. The van der Waals surface area contributed by atoms with Gasteiger partial charge in [-0.05, 0) is 67.3 Å². The zero-order valence-electron chi connectivity index (χ0n) is 15.9. The Morgan fingerprint density at radius 3 is 2.82 bits per heavy atom. The number of oxazole rings is 1. The van der Waals surface area contributed by atoms with E-state index in [1.54, 1.807) is 6.20 Å². The summed E-state index contributed by atoms with van der Waals surface area (Å²) < 4.78 is 6.00. The van der Waals surface area contributed by atoms with E-state index in [4.69, 9.17) is 16.0 Å². The van der Waals surface area contributed by atoms with E-state index in [2.05, 4.69) is 61.1 Å². The normalized spacial score (nSPS) is 16.5. The fourth-order valence-corrected chi connectivity index (χ4v) is 3.31. The summed E-state index contributed by atoms with van der Waals surface area (Å²) in [6, 6.07) is 7.52. The van der Waals surface area contributed by atoms with Crippen molar-refractivity contribution in [2.45, 2.75) is 26.7 Å². The summed E-state index contributed by atoms with van der Waals surface area (Å²) in [5.41, 5.74) is 6.66. The fraction of sp³-hybridized carbons (Fsp3) is 0.160. The van der Waals surface area contributed by atoms with Crippen molar-refractivity contribution in [2.75, 3.05) is 0 Å². The molecule has 2 aliphatic carbocycles. The minimum Gasteiger partial charge on any atom is -0.436 e. The first-order valence-electron chi connectivity index (χ1n) is 9.28. The number of halogens is 1. The Morgan fingerprint density at radius 1 is 1.25 bits per heavy atom. The molecule has 0 spiro atoms. The average molecular weight is 386 g/mol. The van der Waals surface area contributed by atoms with Gasteiger partial charge in [0.15, 0.2) is 5.76 Å². The van der Waals surface area contributed by atoms with E-state index in [1.807, 2.05) is 24.3 Å². The van der Waals surface area contributed by atoms with E-state index in [0.717, 1.165) is 29.6 Å². The third-order valence-electron chi connectivity index (χ3n) is 4.83. The predicted molar refractivity (Wildman–Crippen MR) is 116 cm³/mol. The Hall–Kier alpha value is -3.02. The number of hydrogen-bond acceptors (Lipinski definition) is 2. The second kappa shape index (κ2) is 7.92. The maximum absolute atomic E-state index is 6.00. The lowest BCUT2D eigenvalue weighted by Gasteiger charge is -2.05. The summed E-state index contributed by atoms with van der Waals surface area (Å²) in [7, 11) is 0. The second-order valence-electron chi connectivity index (χ2n) is 6.93. The van der Waals surface area contributed by atoms with Crippen LogP contribution < -0.4 is 0 Å². The van der Waals surface area contributed by atoms with Crippen LogP contribution in [0.3, 0.4) is 0 Å². The van der Waals surface area contributed by atoms with Crippen molar-refractivity contribution in [2.24, 2.45) is 0 Å². The topological polar surface area (TPSA) is 26.0 Å². The maximum atomic E-state index is 6.00. The van der Waals surface area contributed by atoms with Crippen LogP contribution in [-0.4, -0.2) is 4.98 Å². The molecule has 0 atom stereocenters. The summed E-state index contributed by atoms with van der Waals surface area (Å²) >= 11 is 5.97. The van der Waals surface area contributed by atoms with Gasteiger partial charge in [-0.25, -0.2) is 4.98 Å². The first-order valence-corrected chi connectivity index (χ1v) is 9.66. The van der Waals surface area contributed by atoms with Gasteiger partial charge in [0.2, 0.25) is 5.89 Å². The fourth-order valence-electron chi connectivity index (χ4n) is 3.18. The lowest BCUT2D eigenvalue weighted by Crippen LogP contribution is -1.87. The van der Waals surface area contributed by atoms with Gasteiger partial charge in [-0.15, -0.1) is 0 Å². The first kappa shape index (κ1) is 18.3. The summed E-state index contributed by atoms with van der Waals surface area (Å²) in [5, 5.41) is 0.695. The van der Waals surface area contributed by atoms with Crippen LogP contribution in [0.25, 0.3) is 16.9 Å². The van der Waals surface area contributed by atoms with Crippen molar-refractivity contribution in [3.8, 4) is 23.2 Å². The lowest BCUT2D eigenvalue weighted by molar-refractivity contribution is 0.557. The SMILES string of the molecule is CC1=C(/C=C(\C)C2=CCC=C2)C=C(c2ncc(-c3ccc(Cl)cc3)o2)C#CC1. The average Bonchev–Trinajstić information content (AvgIpc) is 3.36. The zero-order valence-corrected chi connectivity index (χ0v) is 16.7. The molecule has 3 heteroatoms. The molecule has 2 nitrogen and oxygen atoms in total. The Morgan fingerprint density at radius 2 is 2.07 bits per heavy atom. The van der Waals surface area contributed by atoms with Crippen LogP contribution in [0.1, 0.15) is 32.6 Å². The summed E-state index contributed by atoms with van der Waals surface area (Å²) in [6.45, 7) is 4.27. The number of allylic oxidation sites excluding steroid dienone is 10. The molecule has 0 unspecified atom stereocenters. The van der Waals surface area contributed by atoms with Gasteiger partial charge in [-0.1, -0.05) is 53.3 Å². The second-order valence-corrected chi connectivity index (χ2v) is 7.37. The highest BCUT2D eigenvalue weighted by Crippen LogP contribution is 2.28. The van der Waals surface area contributed by atoms with Gasteiger partial charge in [0.25, 0.3) is 0 Å². The van der Waals surface area contributed by atoms with Crippen LogP contribution in [0.4, 0.5) is 0 Å². The number of benzene rings is 1. The monoisotopic (exact) mass is 385 g/mol. The van der Waals surface area contributed by atoms with E-state index in [1.165, 1.54) is 16.7 Å². The van der Waals surface area contributed by atoms with Crippen molar-refractivity contribution >= 4 is 17.2 Å². The van der Waals surface area contributed by atoms with Gasteiger partial charge in [0.1, 0.15) is 0 Å². The van der Waals surface area contributed by atoms with Gasteiger partial charge < -0.3 is 4.42 Å². The molecule has 0 saturated carbocycles. The van der Waals surface area contributed by atoms with Crippen LogP contribution in [0.2, 0.25) is 5.02 Å². The highest BCUT2D eigenvalue weighted by Gasteiger charge is 2.13. The third-order valence-corrected chi connectivity index (χ3v) is 5.08. The molecular formula is C25H20ClNO. The van der Waals surface area contributed by atoms with Crippen LogP contribution in [-0.2, 0) is 0 Å². The van der Waals surface area contributed by atoms with Crippen molar-refractivity contribution in [1.82, 2.24) is 4.98 Å². The Bertz CT molecular complexity index is 1130. The van der Waals surface area contributed by atoms with E-state index in [9.17, 15) is 0 Å². The molecule has 1 aromatic carbocycles.